The Bertz CT molecular complexity index is 528. The Kier molecular flexibility index (Phi) is 4.70. The second kappa shape index (κ2) is 5.90. The fraction of sp³-hybridized carbons (Fsp3) is 0.429. The number of amides is 1. The average Bonchev–Trinajstić information content (AvgIpc) is 2.38. The third-order valence-electron chi connectivity index (χ3n) is 3.17. The molecule has 0 aliphatic carbocycles. The highest BCUT2D eigenvalue weighted by molar-refractivity contribution is 5.98. The summed E-state index contributed by atoms with van der Waals surface area (Å²) >= 11 is 0. The molecule has 0 aliphatic heterocycles. The van der Waals surface area contributed by atoms with Gasteiger partial charge < -0.3 is 14.7 Å². The first-order chi connectivity index (χ1) is 9.25. The zero-order chi connectivity index (χ0) is 15.5. The van der Waals surface area contributed by atoms with Crippen molar-refractivity contribution in [3.8, 4) is 5.75 Å². The molecule has 5 nitrogen and oxygen atoms in total. The molecule has 0 aromatic heterocycles. The van der Waals surface area contributed by atoms with Crippen LogP contribution < -0.4 is 4.74 Å². The number of carbonyl (C=O) groups is 2. The van der Waals surface area contributed by atoms with Gasteiger partial charge in [-0.05, 0) is 32.9 Å². The molecule has 1 rings (SSSR count). The molecular formula is C14H18FNO4. The van der Waals surface area contributed by atoms with E-state index in [1.54, 1.807) is 6.92 Å². The van der Waals surface area contributed by atoms with Crippen molar-refractivity contribution in [1.82, 2.24) is 4.90 Å². The smallest absolute Gasteiger partial charge is 0.329 e. The molecule has 1 amide bonds. The Morgan fingerprint density at radius 1 is 1.40 bits per heavy atom. The maximum Gasteiger partial charge on any atom is 0.329 e. The summed E-state index contributed by atoms with van der Waals surface area (Å²) in [5, 5.41) is 9.18. The van der Waals surface area contributed by atoms with E-state index in [4.69, 9.17) is 4.74 Å². The number of likely N-dealkylation sites (N-methyl/N-ethyl adjacent to an activating group) is 1. The summed E-state index contributed by atoms with van der Waals surface area (Å²) in [5.74, 6) is -2.27. The summed E-state index contributed by atoms with van der Waals surface area (Å²) in [6.45, 7) is 4.60. The van der Waals surface area contributed by atoms with E-state index in [2.05, 4.69) is 0 Å². The van der Waals surface area contributed by atoms with E-state index >= 15 is 0 Å². The highest BCUT2D eigenvalue weighted by Gasteiger charge is 2.37. The van der Waals surface area contributed by atoms with Crippen LogP contribution in [0.15, 0.2) is 18.2 Å². The van der Waals surface area contributed by atoms with Crippen molar-refractivity contribution in [2.45, 2.75) is 26.3 Å². The Hall–Kier alpha value is -2.11. The number of nitrogens with zero attached hydrogens (tertiary/aromatic N) is 1. The summed E-state index contributed by atoms with van der Waals surface area (Å²) in [6, 6.07) is 3.84. The normalized spacial score (nSPS) is 11.1. The van der Waals surface area contributed by atoms with Gasteiger partial charge in [0.05, 0.1) is 12.7 Å². The van der Waals surface area contributed by atoms with Gasteiger partial charge in [0.15, 0.2) is 0 Å². The molecule has 0 bridgehead atoms. The second-order valence-electron chi connectivity index (χ2n) is 4.76. The predicted octanol–water partition coefficient (Wildman–Crippen LogP) is 2.16. The lowest BCUT2D eigenvalue weighted by molar-refractivity contribution is -0.147. The molecule has 0 saturated heterocycles. The van der Waals surface area contributed by atoms with Crippen molar-refractivity contribution < 1.29 is 23.8 Å². The van der Waals surface area contributed by atoms with Crippen LogP contribution in [0.25, 0.3) is 0 Å². The lowest BCUT2D eigenvalue weighted by Crippen LogP contribution is -2.53. The Balaban J connectivity index is 3.19. The highest BCUT2D eigenvalue weighted by atomic mass is 19.1. The first-order valence-electron chi connectivity index (χ1n) is 6.14. The van der Waals surface area contributed by atoms with Crippen LogP contribution in [0.3, 0.4) is 0 Å². The number of ether oxygens (including phenoxy) is 1. The largest absolute Gasteiger partial charge is 0.497 e. The van der Waals surface area contributed by atoms with Crippen LogP contribution in [0.1, 0.15) is 31.1 Å². The minimum atomic E-state index is -1.42. The van der Waals surface area contributed by atoms with Crippen LogP contribution in [-0.2, 0) is 4.79 Å². The highest BCUT2D eigenvalue weighted by Crippen LogP contribution is 2.22. The molecule has 0 saturated carbocycles. The van der Waals surface area contributed by atoms with Gasteiger partial charge in [-0.1, -0.05) is 0 Å². The topological polar surface area (TPSA) is 66.8 Å². The van der Waals surface area contributed by atoms with Gasteiger partial charge in [0.25, 0.3) is 5.91 Å². The van der Waals surface area contributed by atoms with Crippen LogP contribution >= 0.6 is 0 Å². The number of hydrogen-bond donors (Lipinski definition) is 1. The van der Waals surface area contributed by atoms with Crippen molar-refractivity contribution in [3.63, 3.8) is 0 Å². The van der Waals surface area contributed by atoms with Crippen molar-refractivity contribution >= 4 is 11.9 Å². The summed E-state index contributed by atoms with van der Waals surface area (Å²) < 4.78 is 18.8. The Morgan fingerprint density at radius 3 is 2.40 bits per heavy atom. The molecule has 0 heterocycles. The zero-order valence-corrected chi connectivity index (χ0v) is 11.9. The van der Waals surface area contributed by atoms with Crippen LogP contribution in [0, 0.1) is 5.82 Å². The number of methoxy groups -OCH3 is 1. The molecule has 110 valence electrons. The molecule has 0 aliphatic rings. The molecule has 1 N–H and O–H groups in total. The van der Waals surface area contributed by atoms with E-state index in [9.17, 15) is 19.1 Å². The fourth-order valence-electron chi connectivity index (χ4n) is 1.85. The van der Waals surface area contributed by atoms with E-state index in [1.165, 1.54) is 33.1 Å². The summed E-state index contributed by atoms with van der Waals surface area (Å²) in [5.41, 5.74) is -1.60. The van der Waals surface area contributed by atoms with E-state index < -0.39 is 23.2 Å². The van der Waals surface area contributed by atoms with Crippen LogP contribution in [0.5, 0.6) is 5.75 Å². The van der Waals surface area contributed by atoms with E-state index in [-0.39, 0.29) is 12.1 Å². The molecule has 20 heavy (non-hydrogen) atoms. The van der Waals surface area contributed by atoms with Gasteiger partial charge in [-0.25, -0.2) is 9.18 Å². The number of halogens is 1. The molecule has 6 heteroatoms. The third-order valence-corrected chi connectivity index (χ3v) is 3.17. The minimum Gasteiger partial charge on any atom is -0.497 e. The van der Waals surface area contributed by atoms with E-state index in [1.807, 2.05) is 0 Å². The van der Waals surface area contributed by atoms with Gasteiger partial charge in [-0.2, -0.15) is 0 Å². The molecular weight excluding hydrogens is 265 g/mol. The summed E-state index contributed by atoms with van der Waals surface area (Å²) in [7, 11) is 1.39. The zero-order valence-electron chi connectivity index (χ0n) is 11.9. The number of hydrogen-bond acceptors (Lipinski definition) is 3. The molecule has 1 aromatic carbocycles. The first kappa shape index (κ1) is 15.9. The predicted molar refractivity (Wildman–Crippen MR) is 71.4 cm³/mol. The first-order valence-corrected chi connectivity index (χ1v) is 6.14. The molecule has 0 atom stereocenters. The lowest BCUT2D eigenvalue weighted by atomic mass is 10.0. The summed E-state index contributed by atoms with van der Waals surface area (Å²) in [4.78, 5) is 24.7. The average molecular weight is 283 g/mol. The van der Waals surface area contributed by atoms with Crippen molar-refractivity contribution in [1.29, 1.82) is 0 Å². The molecule has 0 unspecified atom stereocenters. The fourth-order valence-corrected chi connectivity index (χ4v) is 1.85. The van der Waals surface area contributed by atoms with Crippen molar-refractivity contribution in [3.05, 3.63) is 29.6 Å². The maximum absolute atomic E-state index is 13.9. The number of carbonyl (C=O) groups excluding carboxylic acids is 1. The quantitative estimate of drug-likeness (QED) is 0.899. The van der Waals surface area contributed by atoms with E-state index in [0.29, 0.717) is 5.75 Å². The molecule has 1 aromatic rings. The van der Waals surface area contributed by atoms with E-state index in [0.717, 1.165) is 11.0 Å². The lowest BCUT2D eigenvalue weighted by Gasteiger charge is -2.34. The molecule has 0 radical (unpaired) electrons. The third kappa shape index (κ3) is 2.89. The molecule has 0 fully saturated rings. The van der Waals surface area contributed by atoms with Gasteiger partial charge in [0.1, 0.15) is 17.1 Å². The number of carboxylic acid groups (broad SMARTS) is 1. The molecule has 0 spiro atoms. The Morgan fingerprint density at radius 2 is 2.00 bits per heavy atom. The van der Waals surface area contributed by atoms with Crippen LogP contribution in [0.2, 0.25) is 0 Å². The number of aliphatic carboxylic acids is 1. The van der Waals surface area contributed by atoms with Crippen molar-refractivity contribution in [2.24, 2.45) is 0 Å². The number of rotatable bonds is 5. The van der Waals surface area contributed by atoms with Gasteiger partial charge >= 0.3 is 5.97 Å². The van der Waals surface area contributed by atoms with Crippen molar-refractivity contribution in [2.75, 3.05) is 13.7 Å². The van der Waals surface area contributed by atoms with Gasteiger partial charge in [0, 0.05) is 12.6 Å². The maximum atomic E-state index is 13.9. The second-order valence-corrected chi connectivity index (χ2v) is 4.76. The Labute approximate surface area is 117 Å². The van der Waals surface area contributed by atoms with Gasteiger partial charge in [-0.3, -0.25) is 4.79 Å². The standard InChI is InChI=1S/C14H18FNO4/c1-5-16(14(2,3)13(18)19)12(17)10-7-6-9(20-4)8-11(10)15/h6-8H,5H2,1-4H3,(H,18,19). The number of carboxylic acids is 1. The minimum absolute atomic E-state index is 0.156. The van der Waals surface area contributed by atoms with Gasteiger partial charge in [-0.15, -0.1) is 0 Å². The summed E-state index contributed by atoms with van der Waals surface area (Å²) in [6.07, 6.45) is 0. The number of benzene rings is 1. The monoisotopic (exact) mass is 283 g/mol. The van der Waals surface area contributed by atoms with Gasteiger partial charge in [0.2, 0.25) is 0 Å². The SMILES string of the molecule is CCN(C(=O)c1ccc(OC)cc1F)C(C)(C)C(=O)O. The van der Waals surface area contributed by atoms with Crippen LogP contribution in [-0.4, -0.2) is 41.1 Å². The van der Waals surface area contributed by atoms with Crippen LogP contribution in [0.4, 0.5) is 4.39 Å².